The van der Waals surface area contributed by atoms with Crippen LogP contribution in [-0.2, 0) is 27.1 Å². The smallest absolute Gasteiger partial charge is 0.270 e. The van der Waals surface area contributed by atoms with Gasteiger partial charge >= 0.3 is 0 Å². The predicted octanol–water partition coefficient (Wildman–Crippen LogP) is 5.44. The lowest BCUT2D eigenvalue weighted by atomic mass is 9.91. The number of benzene rings is 2. The van der Waals surface area contributed by atoms with Crippen LogP contribution >= 0.6 is 23.2 Å². The summed E-state index contributed by atoms with van der Waals surface area (Å²) >= 11 is 12.7. The minimum absolute atomic E-state index is 0.0992. The standard InChI is InChI=1S/C38H34Cl2N8O4/c1-36(19-22-5-7-23(20-41)8-6-22)34(52)47(28-17-25(39)16-26(40)18-28)35-43-21-29(48(35)36)32(50)45-38(12-13-38)33(51)46-37(10-11-37)30-15-24(9-14-42-30)31(49)44-27-3-2-4-27/h5-9,14-18,21,27H,2-4,10-13,19H2,1H3,(H,44,49)(H,45,50)(H,46,51)/t36-/m1/s1. The Balaban J connectivity index is 1.06. The molecule has 52 heavy (non-hydrogen) atoms. The molecule has 2 aromatic carbocycles. The molecule has 3 saturated carbocycles. The van der Waals surface area contributed by atoms with Crippen LogP contribution in [0.3, 0.4) is 0 Å². The van der Waals surface area contributed by atoms with E-state index in [2.05, 4.69) is 32.0 Å². The molecule has 0 spiro atoms. The minimum atomic E-state index is -1.33. The van der Waals surface area contributed by atoms with Crippen LogP contribution < -0.4 is 20.9 Å². The maximum absolute atomic E-state index is 14.4. The number of rotatable bonds is 10. The average Bonchev–Trinajstić information content (AvgIpc) is 4.01. The zero-order valence-electron chi connectivity index (χ0n) is 28.2. The normalized spacial score (nSPS) is 20.7. The number of fused-ring (bicyclic) bond motifs is 1. The summed E-state index contributed by atoms with van der Waals surface area (Å²) in [6.45, 7) is 1.73. The van der Waals surface area contributed by atoms with E-state index in [0.717, 1.165) is 24.8 Å². The van der Waals surface area contributed by atoms with Gasteiger partial charge in [-0.2, -0.15) is 5.26 Å². The number of aromatic nitrogens is 3. The number of halogens is 2. The summed E-state index contributed by atoms with van der Waals surface area (Å²) in [6.07, 6.45) is 8.36. The Morgan fingerprint density at radius 2 is 1.65 bits per heavy atom. The molecule has 3 heterocycles. The van der Waals surface area contributed by atoms with Crippen LogP contribution in [0.2, 0.25) is 10.0 Å². The van der Waals surface area contributed by atoms with Crippen molar-refractivity contribution in [3.8, 4) is 6.07 Å². The van der Waals surface area contributed by atoms with E-state index in [1.54, 1.807) is 72.3 Å². The van der Waals surface area contributed by atoms with Gasteiger partial charge in [-0.15, -0.1) is 0 Å². The van der Waals surface area contributed by atoms with E-state index in [1.807, 2.05) is 0 Å². The highest BCUT2D eigenvalue weighted by Crippen LogP contribution is 2.48. The fourth-order valence-electron chi connectivity index (χ4n) is 7.10. The van der Waals surface area contributed by atoms with E-state index in [-0.39, 0.29) is 41.8 Å². The highest BCUT2D eigenvalue weighted by molar-refractivity contribution is 6.35. The highest BCUT2D eigenvalue weighted by Gasteiger charge is 2.57. The Hall–Kier alpha value is -5.25. The van der Waals surface area contributed by atoms with Gasteiger partial charge < -0.3 is 16.0 Å². The monoisotopic (exact) mass is 736 g/mol. The van der Waals surface area contributed by atoms with Crippen LogP contribution in [0, 0.1) is 11.3 Å². The molecule has 3 fully saturated rings. The number of pyridine rings is 1. The van der Waals surface area contributed by atoms with Crippen molar-refractivity contribution in [2.75, 3.05) is 4.90 Å². The molecule has 1 aliphatic heterocycles. The van der Waals surface area contributed by atoms with E-state index < -0.39 is 22.5 Å². The Morgan fingerprint density at radius 1 is 0.942 bits per heavy atom. The van der Waals surface area contributed by atoms with E-state index in [4.69, 9.17) is 23.2 Å². The Kier molecular flexibility index (Phi) is 8.12. The molecule has 3 aliphatic carbocycles. The number of anilines is 2. The number of carbonyl (C=O) groups is 4. The average molecular weight is 738 g/mol. The summed E-state index contributed by atoms with van der Waals surface area (Å²) < 4.78 is 1.60. The molecule has 2 aromatic heterocycles. The van der Waals surface area contributed by atoms with Crippen LogP contribution in [0.1, 0.15) is 89.5 Å². The van der Waals surface area contributed by atoms with E-state index >= 15 is 0 Å². The van der Waals surface area contributed by atoms with Crippen molar-refractivity contribution in [2.24, 2.45) is 0 Å². The third-order valence-corrected chi connectivity index (χ3v) is 11.1. The summed E-state index contributed by atoms with van der Waals surface area (Å²) in [6, 6.07) is 17.3. The summed E-state index contributed by atoms with van der Waals surface area (Å²) in [4.78, 5) is 65.8. The molecule has 0 radical (unpaired) electrons. The summed E-state index contributed by atoms with van der Waals surface area (Å²) in [7, 11) is 0. The van der Waals surface area contributed by atoms with Gasteiger partial charge in [-0.05, 0) is 99.9 Å². The van der Waals surface area contributed by atoms with Gasteiger partial charge in [0.1, 0.15) is 16.8 Å². The molecule has 4 aliphatic rings. The number of carbonyl (C=O) groups excluding carboxylic acids is 4. The second-order valence-electron chi connectivity index (χ2n) is 14.4. The fraction of sp³-hybridized carbons (Fsp3) is 0.342. The van der Waals surface area contributed by atoms with Gasteiger partial charge in [0.25, 0.3) is 17.7 Å². The van der Waals surface area contributed by atoms with Crippen molar-refractivity contribution < 1.29 is 19.2 Å². The first-order valence-corrected chi connectivity index (χ1v) is 18.0. The molecule has 12 nitrogen and oxygen atoms in total. The molecule has 4 amide bonds. The number of nitrogens with one attached hydrogen (secondary N) is 3. The van der Waals surface area contributed by atoms with Crippen LogP contribution in [-0.4, -0.2) is 49.7 Å². The lowest BCUT2D eigenvalue weighted by molar-refractivity contribution is -0.125. The van der Waals surface area contributed by atoms with Gasteiger partial charge in [0.05, 0.1) is 34.7 Å². The van der Waals surface area contributed by atoms with E-state index in [9.17, 15) is 24.4 Å². The fourth-order valence-corrected chi connectivity index (χ4v) is 7.62. The summed E-state index contributed by atoms with van der Waals surface area (Å²) in [5.41, 5.74) is -0.402. The predicted molar refractivity (Wildman–Crippen MR) is 192 cm³/mol. The number of hydrogen-bond acceptors (Lipinski definition) is 7. The van der Waals surface area contributed by atoms with Gasteiger partial charge in [-0.1, -0.05) is 35.3 Å². The van der Waals surface area contributed by atoms with Crippen molar-refractivity contribution in [3.63, 3.8) is 0 Å². The van der Waals surface area contributed by atoms with Gasteiger partial charge in [-0.25, -0.2) is 9.88 Å². The van der Waals surface area contributed by atoms with E-state index in [1.165, 1.54) is 11.1 Å². The van der Waals surface area contributed by atoms with Crippen molar-refractivity contribution in [3.05, 3.63) is 105 Å². The van der Waals surface area contributed by atoms with E-state index in [0.29, 0.717) is 58.2 Å². The molecular weight excluding hydrogens is 703 g/mol. The van der Waals surface area contributed by atoms with Crippen LogP contribution in [0.5, 0.6) is 0 Å². The Morgan fingerprint density at radius 3 is 2.27 bits per heavy atom. The lowest BCUT2D eigenvalue weighted by Gasteiger charge is -2.27. The molecular formula is C38H34Cl2N8O4. The number of imidazole rings is 1. The number of hydrogen-bond donors (Lipinski definition) is 3. The molecule has 0 bridgehead atoms. The van der Waals surface area contributed by atoms with Gasteiger partial charge in [-0.3, -0.25) is 28.7 Å². The number of nitriles is 1. The molecule has 1 atom stereocenters. The quantitative estimate of drug-likeness (QED) is 0.195. The first-order chi connectivity index (χ1) is 24.9. The minimum Gasteiger partial charge on any atom is -0.349 e. The van der Waals surface area contributed by atoms with Crippen molar-refractivity contribution in [1.29, 1.82) is 5.26 Å². The maximum Gasteiger partial charge on any atom is 0.270 e. The second kappa shape index (κ2) is 12.5. The largest absolute Gasteiger partial charge is 0.349 e. The van der Waals surface area contributed by atoms with Crippen LogP contribution in [0.25, 0.3) is 0 Å². The molecule has 3 N–H and O–H groups in total. The van der Waals surface area contributed by atoms with Crippen molar-refractivity contribution in [1.82, 2.24) is 30.5 Å². The van der Waals surface area contributed by atoms with Gasteiger partial charge in [0.2, 0.25) is 11.9 Å². The first kappa shape index (κ1) is 33.9. The number of amides is 4. The Labute approximate surface area is 309 Å². The van der Waals surface area contributed by atoms with Gasteiger partial charge in [0, 0.05) is 34.3 Å². The molecule has 0 unspecified atom stereocenters. The zero-order chi connectivity index (χ0) is 36.4. The highest BCUT2D eigenvalue weighted by atomic mass is 35.5. The third kappa shape index (κ3) is 5.87. The van der Waals surface area contributed by atoms with Gasteiger partial charge in [0.15, 0.2) is 0 Å². The summed E-state index contributed by atoms with van der Waals surface area (Å²) in [5, 5.41) is 19.1. The zero-order valence-corrected chi connectivity index (χ0v) is 29.7. The number of nitrogens with zero attached hydrogens (tertiary/aromatic N) is 5. The third-order valence-electron chi connectivity index (χ3n) is 10.7. The SMILES string of the molecule is C[C@@]1(Cc2ccc(C#N)cc2)C(=O)N(c2cc(Cl)cc(Cl)c2)c2ncc(C(=O)NC3(C(=O)NC4(c5cc(C(=O)NC6CCC6)ccn5)CC4)CC3)n21. The molecule has 264 valence electrons. The lowest BCUT2D eigenvalue weighted by Crippen LogP contribution is -2.52. The summed E-state index contributed by atoms with van der Waals surface area (Å²) in [5.74, 6) is -1.22. The second-order valence-corrected chi connectivity index (χ2v) is 15.3. The topological polar surface area (TPSA) is 162 Å². The van der Waals surface area contributed by atoms with Crippen molar-refractivity contribution >= 4 is 58.5 Å². The van der Waals surface area contributed by atoms with Crippen LogP contribution in [0.15, 0.2) is 67.0 Å². The first-order valence-electron chi connectivity index (χ1n) is 17.2. The van der Waals surface area contributed by atoms with Crippen molar-refractivity contribution in [2.45, 2.75) is 80.9 Å². The molecule has 4 aromatic rings. The molecule has 0 saturated heterocycles. The Bertz CT molecular complexity index is 2180. The maximum atomic E-state index is 14.4. The molecule has 14 heteroatoms. The molecule has 8 rings (SSSR count). The van der Waals surface area contributed by atoms with Crippen LogP contribution in [0.4, 0.5) is 11.6 Å².